The van der Waals surface area contributed by atoms with Crippen LogP contribution in [0.15, 0.2) is 28.4 Å². The first-order valence-corrected chi connectivity index (χ1v) is 9.87. The summed E-state index contributed by atoms with van der Waals surface area (Å²) in [5, 5.41) is 18.7. The van der Waals surface area contributed by atoms with Crippen molar-refractivity contribution >= 4 is 62.7 Å². The Hall–Kier alpha value is -2.90. The molecule has 1 aromatic carbocycles. The predicted octanol–water partition coefficient (Wildman–Crippen LogP) is 3.10. The Morgan fingerprint density at radius 1 is 1.39 bits per heavy atom. The van der Waals surface area contributed by atoms with Crippen LogP contribution in [0.5, 0.6) is 11.5 Å². The molecule has 0 atom stereocenters. The van der Waals surface area contributed by atoms with Gasteiger partial charge < -0.3 is 14.8 Å². The van der Waals surface area contributed by atoms with Gasteiger partial charge in [0.2, 0.25) is 5.96 Å². The topological polar surface area (TPSA) is 128 Å². The van der Waals surface area contributed by atoms with E-state index < -0.39 is 4.92 Å². The number of guanidine groups is 1. The SMILES string of the molecule is Br.COc1cc([N+](=O)[O-])c(OC)cc1-c1nc2sc(Cl)cn2c1/C=N/NC1=NCCN1. The number of hydrogen-bond donors (Lipinski definition) is 2. The lowest BCUT2D eigenvalue weighted by Crippen LogP contribution is -2.30. The minimum Gasteiger partial charge on any atom is -0.496 e. The number of hydrazone groups is 1. The van der Waals surface area contributed by atoms with E-state index in [0.717, 1.165) is 6.54 Å². The summed E-state index contributed by atoms with van der Waals surface area (Å²) in [7, 11) is 2.80. The van der Waals surface area contributed by atoms with Gasteiger partial charge in [-0.25, -0.2) is 15.4 Å². The number of aliphatic imine (C=N–C) groups is 1. The van der Waals surface area contributed by atoms with E-state index in [4.69, 9.17) is 21.1 Å². The number of benzene rings is 1. The molecule has 3 aromatic rings. The van der Waals surface area contributed by atoms with Crippen LogP contribution >= 0.6 is 39.9 Å². The molecule has 11 nitrogen and oxygen atoms in total. The van der Waals surface area contributed by atoms with Crippen LogP contribution in [0.2, 0.25) is 4.34 Å². The maximum Gasteiger partial charge on any atom is 0.314 e. The van der Waals surface area contributed by atoms with E-state index in [-0.39, 0.29) is 34.2 Å². The summed E-state index contributed by atoms with van der Waals surface area (Å²) >= 11 is 7.43. The third kappa shape index (κ3) is 4.43. The minimum absolute atomic E-state index is 0. The molecule has 3 heterocycles. The van der Waals surface area contributed by atoms with Crippen LogP contribution in [0.4, 0.5) is 5.69 Å². The fourth-order valence-electron chi connectivity index (χ4n) is 2.99. The molecule has 0 spiro atoms. The first kappa shape index (κ1) is 22.8. The van der Waals surface area contributed by atoms with Gasteiger partial charge in [-0.1, -0.05) is 22.9 Å². The van der Waals surface area contributed by atoms with Crippen molar-refractivity contribution in [3.63, 3.8) is 0 Å². The molecule has 0 amide bonds. The average Bonchev–Trinajstić information content (AvgIpc) is 3.44. The Bertz CT molecular complexity index is 1190. The Morgan fingerprint density at radius 2 is 2.16 bits per heavy atom. The number of nitro benzene ring substituents is 1. The Morgan fingerprint density at radius 3 is 2.81 bits per heavy atom. The first-order chi connectivity index (χ1) is 14.5. The lowest BCUT2D eigenvalue weighted by atomic mass is 10.1. The van der Waals surface area contributed by atoms with E-state index in [1.165, 1.54) is 37.7 Å². The van der Waals surface area contributed by atoms with Gasteiger partial charge in [0.25, 0.3) is 0 Å². The van der Waals surface area contributed by atoms with Crippen molar-refractivity contribution < 1.29 is 14.4 Å². The largest absolute Gasteiger partial charge is 0.496 e. The normalized spacial score (nSPS) is 13.1. The molecule has 164 valence electrons. The summed E-state index contributed by atoms with van der Waals surface area (Å²) in [4.78, 5) is 20.3. The van der Waals surface area contributed by atoms with Crippen molar-refractivity contribution in [3.8, 4) is 22.8 Å². The first-order valence-electron chi connectivity index (χ1n) is 8.67. The molecular formula is C17H17BrClN7O4S. The maximum atomic E-state index is 11.4. The van der Waals surface area contributed by atoms with E-state index >= 15 is 0 Å². The smallest absolute Gasteiger partial charge is 0.314 e. The van der Waals surface area contributed by atoms with Crippen molar-refractivity contribution in [3.05, 3.63) is 38.5 Å². The van der Waals surface area contributed by atoms with Crippen LogP contribution < -0.4 is 20.2 Å². The maximum absolute atomic E-state index is 11.4. The number of fused-ring (bicyclic) bond motifs is 1. The lowest BCUT2D eigenvalue weighted by Gasteiger charge is -2.10. The zero-order chi connectivity index (χ0) is 21.3. The van der Waals surface area contributed by atoms with Gasteiger partial charge in [0.05, 0.1) is 43.7 Å². The van der Waals surface area contributed by atoms with Crippen LogP contribution in [0.3, 0.4) is 0 Å². The summed E-state index contributed by atoms with van der Waals surface area (Å²) in [6.07, 6.45) is 3.30. The second-order valence-electron chi connectivity index (χ2n) is 6.04. The number of methoxy groups -OCH3 is 2. The average molecular weight is 531 g/mol. The third-order valence-corrected chi connectivity index (χ3v) is 5.42. The highest BCUT2D eigenvalue weighted by Gasteiger charge is 2.24. The Balaban J connectivity index is 0.00000272. The Kier molecular flexibility index (Phi) is 6.97. The van der Waals surface area contributed by atoms with Crippen LogP contribution in [0.25, 0.3) is 16.2 Å². The Labute approximate surface area is 195 Å². The molecule has 0 radical (unpaired) electrons. The zero-order valence-corrected chi connectivity index (χ0v) is 19.6. The number of imidazole rings is 1. The number of aromatic nitrogens is 2. The van der Waals surface area contributed by atoms with Gasteiger partial charge in [-0.05, 0) is 0 Å². The summed E-state index contributed by atoms with van der Waals surface area (Å²) in [6.45, 7) is 1.43. The highest BCUT2D eigenvalue weighted by molar-refractivity contribution is 8.93. The van der Waals surface area contributed by atoms with Crippen molar-refractivity contribution in [1.82, 2.24) is 20.1 Å². The number of nitrogens with zero attached hydrogens (tertiary/aromatic N) is 5. The molecule has 0 fully saturated rings. The summed E-state index contributed by atoms with van der Waals surface area (Å²) in [6, 6.07) is 2.84. The number of hydrogen-bond acceptors (Lipinski definition) is 10. The number of nitro groups is 1. The number of thiazole rings is 1. The van der Waals surface area contributed by atoms with Gasteiger partial charge in [0.1, 0.15) is 15.8 Å². The van der Waals surface area contributed by atoms with Crippen LogP contribution in [0.1, 0.15) is 5.69 Å². The molecule has 4 rings (SSSR count). The number of rotatable bonds is 6. The van der Waals surface area contributed by atoms with Gasteiger partial charge >= 0.3 is 5.69 Å². The molecule has 31 heavy (non-hydrogen) atoms. The summed E-state index contributed by atoms with van der Waals surface area (Å²) in [5.74, 6) is 0.950. The molecule has 0 unspecified atom stereocenters. The quantitative estimate of drug-likeness (QED) is 0.285. The van der Waals surface area contributed by atoms with Gasteiger partial charge in [-0.2, -0.15) is 5.10 Å². The van der Waals surface area contributed by atoms with Gasteiger partial charge in [0.15, 0.2) is 10.7 Å². The second-order valence-corrected chi connectivity index (χ2v) is 7.68. The standard InChI is InChI=1S/C17H16ClN7O4S.BrH/c1-28-12-6-10(25(26)27)13(29-2)5-9(12)15-11(7-21-23-16-19-3-4-20-16)24-8-14(18)30-17(24)22-15;/h5-8H,3-4H2,1-2H3,(H2,19,20,23);1H/b21-7+;. The molecular weight excluding hydrogens is 514 g/mol. The monoisotopic (exact) mass is 529 g/mol. The lowest BCUT2D eigenvalue weighted by molar-refractivity contribution is -0.385. The molecule has 1 aliphatic heterocycles. The van der Waals surface area contributed by atoms with Crippen molar-refractivity contribution in [2.24, 2.45) is 10.1 Å². The molecule has 0 bridgehead atoms. The van der Waals surface area contributed by atoms with Crippen LogP contribution in [-0.2, 0) is 0 Å². The van der Waals surface area contributed by atoms with Gasteiger partial charge in [-0.15, -0.1) is 17.0 Å². The number of halogens is 2. The van der Waals surface area contributed by atoms with Gasteiger partial charge in [0, 0.05) is 24.4 Å². The number of nitrogens with one attached hydrogen (secondary N) is 2. The second kappa shape index (κ2) is 9.49. The van der Waals surface area contributed by atoms with Crippen molar-refractivity contribution in [2.45, 2.75) is 0 Å². The summed E-state index contributed by atoms with van der Waals surface area (Å²) in [5.41, 5.74) is 4.27. The molecule has 0 saturated carbocycles. The van der Waals surface area contributed by atoms with Crippen molar-refractivity contribution in [2.75, 3.05) is 27.3 Å². The molecule has 14 heteroatoms. The van der Waals surface area contributed by atoms with E-state index in [1.807, 2.05) is 0 Å². The molecule has 0 aliphatic carbocycles. The fraction of sp³-hybridized carbons (Fsp3) is 0.235. The predicted molar refractivity (Wildman–Crippen MR) is 125 cm³/mol. The molecule has 0 saturated heterocycles. The highest BCUT2D eigenvalue weighted by Crippen LogP contribution is 2.41. The zero-order valence-electron chi connectivity index (χ0n) is 16.3. The van der Waals surface area contributed by atoms with Crippen LogP contribution in [-0.4, -0.2) is 53.8 Å². The van der Waals surface area contributed by atoms with Crippen LogP contribution in [0, 0.1) is 10.1 Å². The molecule has 1 aliphatic rings. The number of ether oxygens (including phenoxy) is 2. The minimum atomic E-state index is -0.529. The van der Waals surface area contributed by atoms with E-state index in [1.54, 1.807) is 16.8 Å². The molecule has 2 aromatic heterocycles. The summed E-state index contributed by atoms with van der Waals surface area (Å²) < 4.78 is 13.0. The van der Waals surface area contributed by atoms with E-state index in [0.29, 0.717) is 38.8 Å². The highest BCUT2D eigenvalue weighted by atomic mass is 79.9. The fourth-order valence-corrected chi connectivity index (χ4v) is 4.02. The molecule has 2 N–H and O–H groups in total. The van der Waals surface area contributed by atoms with Gasteiger partial charge in [-0.3, -0.25) is 14.5 Å². The van der Waals surface area contributed by atoms with E-state index in [2.05, 4.69) is 25.8 Å². The van der Waals surface area contributed by atoms with Crippen molar-refractivity contribution in [1.29, 1.82) is 0 Å². The third-order valence-electron chi connectivity index (χ3n) is 4.32. The van der Waals surface area contributed by atoms with E-state index in [9.17, 15) is 10.1 Å².